The minimum absolute atomic E-state index is 0.0630. The molecule has 1 aromatic heterocycles. The third-order valence-corrected chi connectivity index (χ3v) is 3.24. The fourth-order valence-electron chi connectivity index (χ4n) is 2.19. The first kappa shape index (κ1) is 11.7. The molecule has 1 N–H and O–H groups in total. The summed E-state index contributed by atoms with van der Waals surface area (Å²) in [5.74, 6) is 0.335. The molecule has 3 rings (SSSR count). The van der Waals surface area contributed by atoms with E-state index in [0.29, 0.717) is 11.4 Å². The Morgan fingerprint density at radius 1 is 1.11 bits per heavy atom. The topological polar surface area (TPSA) is 45.8 Å². The van der Waals surface area contributed by atoms with Gasteiger partial charge in [0.1, 0.15) is 0 Å². The smallest absolute Gasteiger partial charge is 0.228 e. The molecule has 0 atom stereocenters. The van der Waals surface area contributed by atoms with Crippen LogP contribution in [0.4, 0.5) is 0 Å². The fourth-order valence-corrected chi connectivity index (χ4v) is 2.19. The number of hydrogen-bond acceptors (Lipinski definition) is 2. The van der Waals surface area contributed by atoms with Crippen LogP contribution in [0.1, 0.15) is 27.3 Å². The molecule has 0 spiro atoms. The molecular weight excluding hydrogens is 236 g/mol. The largest absolute Gasteiger partial charge is 0.335 e. The molecule has 0 saturated heterocycles. The Bertz CT molecular complexity index is 771. The number of nitrogens with zero attached hydrogens (tertiary/aromatic N) is 1. The summed E-state index contributed by atoms with van der Waals surface area (Å²) in [6.45, 7) is 3.95. The molecule has 3 nitrogen and oxygen atoms in total. The van der Waals surface area contributed by atoms with Gasteiger partial charge in [0, 0.05) is 5.56 Å². The molecule has 0 amide bonds. The van der Waals surface area contributed by atoms with E-state index >= 15 is 0 Å². The molecular formula is C16H14N2O. The first-order chi connectivity index (χ1) is 9.15. The van der Waals surface area contributed by atoms with Crippen LogP contribution in [0.25, 0.3) is 11.0 Å². The number of carbonyl (C=O) groups is 1. The van der Waals surface area contributed by atoms with Gasteiger partial charge in [-0.05, 0) is 37.1 Å². The molecule has 0 radical (unpaired) electrons. The van der Waals surface area contributed by atoms with Crippen LogP contribution >= 0.6 is 0 Å². The Labute approximate surface area is 111 Å². The van der Waals surface area contributed by atoms with Crippen molar-refractivity contribution in [1.82, 2.24) is 9.97 Å². The number of rotatable bonds is 2. The number of hydrogen-bond donors (Lipinski definition) is 1. The molecule has 0 saturated carbocycles. The Balaban J connectivity index is 2.09. The standard InChI is InChI=1S/C16H14N2O/c1-10-7-8-13-14(9-10)18-16(17-13)15(19)12-6-4-3-5-11(12)2/h3-9H,1-2H3,(H,17,18). The van der Waals surface area contributed by atoms with E-state index in [1.807, 2.05) is 56.3 Å². The maximum atomic E-state index is 12.4. The molecule has 0 aliphatic carbocycles. The summed E-state index contributed by atoms with van der Waals surface area (Å²) < 4.78 is 0. The molecule has 0 aliphatic heterocycles. The highest BCUT2D eigenvalue weighted by atomic mass is 16.1. The Morgan fingerprint density at radius 2 is 1.89 bits per heavy atom. The second kappa shape index (κ2) is 4.35. The molecule has 0 fully saturated rings. The maximum Gasteiger partial charge on any atom is 0.228 e. The van der Waals surface area contributed by atoms with Gasteiger partial charge in [0.25, 0.3) is 0 Å². The van der Waals surface area contributed by atoms with Gasteiger partial charge in [-0.25, -0.2) is 4.98 Å². The van der Waals surface area contributed by atoms with Crippen molar-refractivity contribution < 1.29 is 4.79 Å². The van der Waals surface area contributed by atoms with Crippen LogP contribution in [0.3, 0.4) is 0 Å². The van der Waals surface area contributed by atoms with Crippen molar-refractivity contribution in [2.45, 2.75) is 13.8 Å². The van der Waals surface area contributed by atoms with E-state index in [2.05, 4.69) is 9.97 Å². The first-order valence-electron chi connectivity index (χ1n) is 6.22. The van der Waals surface area contributed by atoms with Gasteiger partial charge >= 0.3 is 0 Å². The van der Waals surface area contributed by atoms with E-state index < -0.39 is 0 Å². The lowest BCUT2D eigenvalue weighted by Gasteiger charge is -2.01. The Hall–Kier alpha value is -2.42. The van der Waals surface area contributed by atoms with E-state index in [0.717, 1.165) is 22.2 Å². The average molecular weight is 250 g/mol. The quantitative estimate of drug-likeness (QED) is 0.708. The van der Waals surface area contributed by atoms with E-state index in [4.69, 9.17) is 0 Å². The summed E-state index contributed by atoms with van der Waals surface area (Å²) in [4.78, 5) is 19.9. The van der Waals surface area contributed by atoms with Gasteiger partial charge in [-0.3, -0.25) is 4.79 Å². The average Bonchev–Trinajstić information content (AvgIpc) is 2.81. The van der Waals surface area contributed by atoms with Gasteiger partial charge < -0.3 is 4.98 Å². The maximum absolute atomic E-state index is 12.4. The van der Waals surface area contributed by atoms with Crippen molar-refractivity contribution in [3.8, 4) is 0 Å². The summed E-state index contributed by atoms with van der Waals surface area (Å²) in [5, 5.41) is 0. The number of carbonyl (C=O) groups excluding carboxylic acids is 1. The Morgan fingerprint density at radius 3 is 2.68 bits per heavy atom. The lowest BCUT2D eigenvalue weighted by atomic mass is 10.0. The van der Waals surface area contributed by atoms with E-state index in [1.54, 1.807) is 0 Å². The number of aryl methyl sites for hydroxylation is 2. The monoisotopic (exact) mass is 250 g/mol. The normalized spacial score (nSPS) is 10.8. The van der Waals surface area contributed by atoms with Gasteiger partial charge in [-0.15, -0.1) is 0 Å². The van der Waals surface area contributed by atoms with Crippen LogP contribution in [0.15, 0.2) is 42.5 Å². The van der Waals surface area contributed by atoms with Crippen molar-refractivity contribution in [2.24, 2.45) is 0 Å². The predicted molar refractivity (Wildman–Crippen MR) is 75.4 cm³/mol. The number of nitrogens with one attached hydrogen (secondary N) is 1. The van der Waals surface area contributed by atoms with Crippen LogP contribution in [0.2, 0.25) is 0 Å². The number of benzene rings is 2. The number of aromatic nitrogens is 2. The molecule has 0 unspecified atom stereocenters. The molecule has 3 heteroatoms. The second-order valence-electron chi connectivity index (χ2n) is 4.75. The second-order valence-corrected chi connectivity index (χ2v) is 4.75. The van der Waals surface area contributed by atoms with E-state index in [9.17, 15) is 4.79 Å². The molecule has 19 heavy (non-hydrogen) atoms. The SMILES string of the molecule is Cc1ccc2nc(C(=O)c3ccccc3C)[nH]c2c1. The van der Waals surface area contributed by atoms with Crippen molar-refractivity contribution in [1.29, 1.82) is 0 Å². The minimum Gasteiger partial charge on any atom is -0.335 e. The summed E-state index contributed by atoms with van der Waals surface area (Å²) in [5.41, 5.74) is 4.52. The van der Waals surface area contributed by atoms with Crippen LogP contribution in [-0.4, -0.2) is 15.8 Å². The highest BCUT2D eigenvalue weighted by Gasteiger charge is 2.15. The third kappa shape index (κ3) is 2.03. The highest BCUT2D eigenvalue weighted by molar-refractivity contribution is 6.08. The number of ketones is 1. The van der Waals surface area contributed by atoms with E-state index in [1.165, 1.54) is 0 Å². The first-order valence-corrected chi connectivity index (χ1v) is 6.22. The van der Waals surface area contributed by atoms with Crippen LogP contribution < -0.4 is 0 Å². The molecule has 94 valence electrons. The highest BCUT2D eigenvalue weighted by Crippen LogP contribution is 2.17. The summed E-state index contributed by atoms with van der Waals surface area (Å²) in [7, 11) is 0. The number of imidazole rings is 1. The summed E-state index contributed by atoms with van der Waals surface area (Å²) in [6, 6.07) is 13.5. The van der Waals surface area contributed by atoms with Crippen LogP contribution in [-0.2, 0) is 0 Å². The summed E-state index contributed by atoms with van der Waals surface area (Å²) >= 11 is 0. The van der Waals surface area contributed by atoms with Crippen molar-refractivity contribution in [3.63, 3.8) is 0 Å². The van der Waals surface area contributed by atoms with Gasteiger partial charge in [0.05, 0.1) is 11.0 Å². The van der Waals surface area contributed by atoms with E-state index in [-0.39, 0.29) is 5.78 Å². The molecule has 0 bridgehead atoms. The zero-order valence-corrected chi connectivity index (χ0v) is 10.9. The van der Waals surface area contributed by atoms with Crippen molar-refractivity contribution in [3.05, 3.63) is 65.0 Å². The Kier molecular flexibility index (Phi) is 2.67. The van der Waals surface area contributed by atoms with Gasteiger partial charge in [-0.1, -0.05) is 30.3 Å². The molecule has 3 aromatic rings. The third-order valence-electron chi connectivity index (χ3n) is 3.24. The predicted octanol–water partition coefficient (Wildman–Crippen LogP) is 3.41. The number of H-pyrrole nitrogens is 1. The molecule has 0 aliphatic rings. The van der Waals surface area contributed by atoms with Gasteiger partial charge in [-0.2, -0.15) is 0 Å². The fraction of sp³-hybridized carbons (Fsp3) is 0.125. The zero-order valence-electron chi connectivity index (χ0n) is 10.9. The molecule has 1 heterocycles. The van der Waals surface area contributed by atoms with Gasteiger partial charge in [0.15, 0.2) is 5.82 Å². The summed E-state index contributed by atoms with van der Waals surface area (Å²) in [6.07, 6.45) is 0. The molecule has 2 aromatic carbocycles. The van der Waals surface area contributed by atoms with Crippen molar-refractivity contribution >= 4 is 16.8 Å². The number of fused-ring (bicyclic) bond motifs is 1. The number of aromatic amines is 1. The lowest BCUT2D eigenvalue weighted by Crippen LogP contribution is -2.05. The van der Waals surface area contributed by atoms with Crippen LogP contribution in [0, 0.1) is 13.8 Å². The van der Waals surface area contributed by atoms with Crippen LogP contribution in [0.5, 0.6) is 0 Å². The lowest BCUT2D eigenvalue weighted by molar-refractivity contribution is 0.103. The minimum atomic E-state index is -0.0630. The van der Waals surface area contributed by atoms with Gasteiger partial charge in [0.2, 0.25) is 5.78 Å². The van der Waals surface area contributed by atoms with Crippen molar-refractivity contribution in [2.75, 3.05) is 0 Å². The zero-order chi connectivity index (χ0) is 13.4.